The number of carbonyl (C=O) groups is 3. The van der Waals surface area contributed by atoms with Gasteiger partial charge in [-0.3, -0.25) is 14.4 Å². The van der Waals surface area contributed by atoms with E-state index in [2.05, 4.69) is 16.0 Å². The third kappa shape index (κ3) is 8.52. The maximum absolute atomic E-state index is 13.5. The molecule has 3 N–H and O–H groups in total. The predicted octanol–water partition coefficient (Wildman–Crippen LogP) is 8.45. The molecule has 1 aromatic heterocycles. The summed E-state index contributed by atoms with van der Waals surface area (Å²) >= 11 is 7.56. The summed E-state index contributed by atoms with van der Waals surface area (Å²) in [5, 5.41) is 8.67. The van der Waals surface area contributed by atoms with E-state index in [0.717, 1.165) is 16.0 Å². The molecule has 8 nitrogen and oxygen atoms in total. The van der Waals surface area contributed by atoms with E-state index in [1.807, 2.05) is 56.3 Å². The molecule has 0 aliphatic heterocycles. The van der Waals surface area contributed by atoms with Gasteiger partial charge in [-0.1, -0.05) is 48.0 Å². The number of carbonyl (C=O) groups excluding carboxylic acids is 3. The van der Waals surface area contributed by atoms with Crippen LogP contribution in [0, 0.1) is 6.92 Å². The van der Waals surface area contributed by atoms with Crippen LogP contribution in [-0.2, 0) is 9.59 Å². The van der Waals surface area contributed by atoms with Crippen LogP contribution in [0.1, 0.15) is 28.6 Å². The molecule has 0 radical (unpaired) electrons. The van der Waals surface area contributed by atoms with Gasteiger partial charge in [0.25, 0.3) is 11.8 Å². The summed E-state index contributed by atoms with van der Waals surface area (Å²) in [6.45, 7) is 3.67. The number of nitrogens with one attached hydrogen (secondary N) is 3. The number of methoxy groups -OCH3 is 1. The third-order valence-corrected chi connectivity index (χ3v) is 8.66. The normalized spacial score (nSPS) is 11.8. The fourth-order valence-corrected chi connectivity index (χ4v) is 5.60. The van der Waals surface area contributed by atoms with E-state index >= 15 is 0 Å². The molecule has 10 heteroatoms. The first-order valence-electron chi connectivity index (χ1n) is 14.7. The lowest BCUT2D eigenvalue weighted by molar-refractivity contribution is -0.115. The summed E-state index contributed by atoms with van der Waals surface area (Å²) in [6.07, 6.45) is 1.47. The average molecular weight is 666 g/mol. The van der Waals surface area contributed by atoms with Gasteiger partial charge in [0, 0.05) is 32.9 Å². The summed E-state index contributed by atoms with van der Waals surface area (Å²) in [5.74, 6) is 0.386. The molecule has 0 aliphatic carbocycles. The molecule has 0 fully saturated rings. The molecular formula is C37H32ClN3O5S. The summed E-state index contributed by atoms with van der Waals surface area (Å²) < 4.78 is 11.5. The molecule has 3 amide bonds. The van der Waals surface area contributed by atoms with Crippen molar-refractivity contribution in [3.63, 3.8) is 0 Å². The van der Waals surface area contributed by atoms with Gasteiger partial charge in [-0.05, 0) is 92.2 Å². The van der Waals surface area contributed by atoms with Crippen LogP contribution in [-0.4, -0.2) is 30.1 Å². The molecule has 0 saturated carbocycles. The van der Waals surface area contributed by atoms with Crippen molar-refractivity contribution in [3.8, 4) is 17.1 Å². The first-order chi connectivity index (χ1) is 22.7. The van der Waals surface area contributed by atoms with Crippen LogP contribution >= 0.6 is 23.4 Å². The van der Waals surface area contributed by atoms with Crippen molar-refractivity contribution in [2.24, 2.45) is 0 Å². The number of hydrogen-bond acceptors (Lipinski definition) is 6. The van der Waals surface area contributed by atoms with Gasteiger partial charge >= 0.3 is 0 Å². The quantitative estimate of drug-likeness (QED) is 0.0965. The first kappa shape index (κ1) is 33.1. The Bertz CT molecular complexity index is 1920. The Morgan fingerprint density at radius 1 is 0.851 bits per heavy atom. The second-order valence-corrected chi connectivity index (χ2v) is 12.2. The summed E-state index contributed by atoms with van der Waals surface area (Å²) in [7, 11) is 1.58. The second-order valence-electron chi connectivity index (χ2n) is 10.4. The molecular weight excluding hydrogens is 634 g/mol. The second kappa shape index (κ2) is 15.4. The number of thioether (sulfide) groups is 1. The summed E-state index contributed by atoms with van der Waals surface area (Å²) in [4.78, 5) is 40.2. The van der Waals surface area contributed by atoms with Gasteiger partial charge in [0.2, 0.25) is 5.91 Å². The molecule has 0 spiro atoms. The Hall–Kier alpha value is -5.25. The van der Waals surface area contributed by atoms with E-state index in [4.69, 9.17) is 20.8 Å². The minimum Gasteiger partial charge on any atom is -0.496 e. The highest BCUT2D eigenvalue weighted by molar-refractivity contribution is 8.00. The molecule has 0 aliphatic rings. The van der Waals surface area contributed by atoms with Gasteiger partial charge in [-0.2, -0.15) is 0 Å². The first-order valence-corrected chi connectivity index (χ1v) is 15.9. The van der Waals surface area contributed by atoms with Crippen LogP contribution < -0.4 is 20.7 Å². The molecule has 238 valence electrons. The van der Waals surface area contributed by atoms with Crippen molar-refractivity contribution in [1.29, 1.82) is 0 Å². The Kier molecular flexibility index (Phi) is 10.8. The van der Waals surface area contributed by atoms with Crippen molar-refractivity contribution < 1.29 is 23.5 Å². The van der Waals surface area contributed by atoms with Crippen molar-refractivity contribution in [2.75, 3.05) is 17.7 Å². The number of furan rings is 1. The number of benzene rings is 4. The Labute approximate surface area is 282 Å². The van der Waals surface area contributed by atoms with E-state index in [9.17, 15) is 14.4 Å². The van der Waals surface area contributed by atoms with Gasteiger partial charge in [0.05, 0.1) is 17.9 Å². The third-order valence-electron chi connectivity index (χ3n) is 7.13. The number of para-hydroxylation sites is 1. The number of anilines is 2. The fraction of sp³-hybridized carbons (Fsp3) is 0.108. The molecule has 4 aromatic carbocycles. The smallest absolute Gasteiger partial charge is 0.272 e. The molecule has 0 bridgehead atoms. The van der Waals surface area contributed by atoms with Crippen molar-refractivity contribution in [3.05, 3.63) is 137 Å². The number of ether oxygens (including phenoxy) is 1. The summed E-state index contributed by atoms with van der Waals surface area (Å²) in [6, 6.07) is 32.0. The lowest BCUT2D eigenvalue weighted by atomic mass is 10.1. The van der Waals surface area contributed by atoms with E-state index < -0.39 is 17.1 Å². The molecule has 5 aromatic rings. The predicted molar refractivity (Wildman–Crippen MR) is 188 cm³/mol. The number of rotatable bonds is 11. The Morgan fingerprint density at radius 3 is 2.32 bits per heavy atom. The number of hydrogen-bond donors (Lipinski definition) is 3. The largest absolute Gasteiger partial charge is 0.496 e. The van der Waals surface area contributed by atoms with Crippen molar-refractivity contribution >= 4 is 58.5 Å². The molecule has 1 heterocycles. The zero-order chi connectivity index (χ0) is 33.3. The molecule has 0 saturated heterocycles. The van der Waals surface area contributed by atoms with Gasteiger partial charge in [-0.15, -0.1) is 11.8 Å². The van der Waals surface area contributed by atoms with Crippen LogP contribution in [0.2, 0.25) is 5.02 Å². The van der Waals surface area contributed by atoms with E-state index in [-0.39, 0.29) is 11.6 Å². The highest BCUT2D eigenvalue weighted by atomic mass is 35.5. The lowest BCUT2D eigenvalue weighted by Crippen LogP contribution is -2.30. The van der Waals surface area contributed by atoms with Crippen molar-refractivity contribution in [1.82, 2.24) is 5.32 Å². The maximum Gasteiger partial charge on any atom is 0.272 e. The topological polar surface area (TPSA) is 110 Å². The molecule has 47 heavy (non-hydrogen) atoms. The number of amides is 3. The zero-order valence-electron chi connectivity index (χ0n) is 25.9. The number of halogens is 1. The van der Waals surface area contributed by atoms with Crippen LogP contribution in [0.3, 0.4) is 0 Å². The monoisotopic (exact) mass is 665 g/mol. The SMILES string of the molecule is COc1ccccc1-c1ccc(/C=C(/NC(=O)c2ccccc2)C(=O)Nc2ccc(S[C@@H](C)C(=O)Nc3cccc(Cl)c3C)cc2)o1. The van der Waals surface area contributed by atoms with Gasteiger partial charge in [0.15, 0.2) is 0 Å². The molecule has 5 rings (SSSR count). The lowest BCUT2D eigenvalue weighted by Gasteiger charge is -2.15. The Balaban J connectivity index is 1.30. The summed E-state index contributed by atoms with van der Waals surface area (Å²) in [5.41, 5.74) is 3.10. The van der Waals surface area contributed by atoms with E-state index in [1.165, 1.54) is 17.8 Å². The standard InChI is InChI=1S/C37H32ClN3O5S/c1-23-30(38)13-9-14-31(23)40-35(42)24(2)47-28-19-16-26(17-20-28)39-37(44)32(41-36(43)25-10-5-4-6-11-25)22-27-18-21-34(46-27)29-12-7-8-15-33(29)45-3/h4-22,24H,1-3H3,(H,39,44)(H,40,42)(H,41,43)/b32-22+/t24-/m0/s1. The fourth-order valence-electron chi connectivity index (χ4n) is 4.56. The minimum atomic E-state index is -0.547. The van der Waals surface area contributed by atoms with Gasteiger partial charge < -0.3 is 25.1 Å². The highest BCUT2D eigenvalue weighted by Crippen LogP contribution is 2.32. The Morgan fingerprint density at radius 2 is 1.57 bits per heavy atom. The molecule has 1 atom stereocenters. The van der Waals surface area contributed by atoms with Gasteiger partial charge in [0.1, 0.15) is 23.0 Å². The highest BCUT2D eigenvalue weighted by Gasteiger charge is 2.19. The van der Waals surface area contributed by atoms with E-state index in [1.54, 1.807) is 73.8 Å². The maximum atomic E-state index is 13.5. The van der Waals surface area contributed by atoms with Crippen molar-refractivity contribution in [2.45, 2.75) is 24.0 Å². The average Bonchev–Trinajstić information content (AvgIpc) is 3.56. The van der Waals surface area contributed by atoms with Crippen LogP contribution in [0.5, 0.6) is 5.75 Å². The van der Waals surface area contributed by atoms with Crippen LogP contribution in [0.25, 0.3) is 17.4 Å². The van der Waals surface area contributed by atoms with Crippen LogP contribution in [0.4, 0.5) is 11.4 Å². The molecule has 0 unspecified atom stereocenters. The zero-order valence-corrected chi connectivity index (χ0v) is 27.4. The minimum absolute atomic E-state index is 0.0140. The van der Waals surface area contributed by atoms with Gasteiger partial charge in [-0.25, -0.2) is 0 Å². The van der Waals surface area contributed by atoms with Crippen LogP contribution in [0.15, 0.2) is 124 Å². The van der Waals surface area contributed by atoms with E-state index in [0.29, 0.717) is 39.2 Å².